The molecule has 0 unspecified atom stereocenters. The molecule has 0 aliphatic rings. The summed E-state index contributed by atoms with van der Waals surface area (Å²) in [7, 11) is -3.59. The highest BCUT2D eigenvalue weighted by Crippen LogP contribution is 2.25. The van der Waals surface area contributed by atoms with Crippen LogP contribution in [0, 0.1) is 0 Å². The minimum Gasteiger partial charge on any atom is -0.280 e. The van der Waals surface area contributed by atoms with E-state index in [4.69, 9.17) is 0 Å². The maximum absolute atomic E-state index is 12.6. The lowest BCUT2D eigenvalue weighted by Crippen LogP contribution is -2.14. The zero-order chi connectivity index (χ0) is 17.4. The molecule has 0 amide bonds. The van der Waals surface area contributed by atoms with Crippen molar-refractivity contribution in [1.82, 2.24) is 0 Å². The largest absolute Gasteiger partial charge is 0.280 e. The lowest BCUT2D eigenvalue weighted by atomic mass is 9.87. The maximum atomic E-state index is 12.6. The number of fused-ring (bicyclic) bond motifs is 1. The molecule has 3 aromatic carbocycles. The molecule has 124 valence electrons. The van der Waals surface area contributed by atoms with Crippen molar-refractivity contribution in [3.8, 4) is 0 Å². The topological polar surface area (TPSA) is 46.2 Å². The van der Waals surface area contributed by atoms with Gasteiger partial charge in [0, 0.05) is 5.69 Å². The van der Waals surface area contributed by atoms with Crippen molar-refractivity contribution in [3.05, 3.63) is 72.3 Å². The van der Waals surface area contributed by atoms with Gasteiger partial charge in [-0.2, -0.15) is 0 Å². The molecular formula is C20H21NO2S. The fourth-order valence-electron chi connectivity index (χ4n) is 2.60. The predicted molar refractivity (Wildman–Crippen MR) is 99.9 cm³/mol. The van der Waals surface area contributed by atoms with Gasteiger partial charge in [0.15, 0.2) is 0 Å². The van der Waals surface area contributed by atoms with Gasteiger partial charge in [0.25, 0.3) is 10.0 Å². The van der Waals surface area contributed by atoms with Crippen LogP contribution in [-0.4, -0.2) is 8.42 Å². The summed E-state index contributed by atoms with van der Waals surface area (Å²) in [5.74, 6) is 0. The van der Waals surface area contributed by atoms with Gasteiger partial charge < -0.3 is 0 Å². The molecule has 0 aromatic heterocycles. The Morgan fingerprint density at radius 3 is 2.04 bits per heavy atom. The van der Waals surface area contributed by atoms with Crippen LogP contribution in [0.4, 0.5) is 5.69 Å². The van der Waals surface area contributed by atoms with Crippen molar-refractivity contribution in [2.24, 2.45) is 0 Å². The molecule has 3 nitrogen and oxygen atoms in total. The van der Waals surface area contributed by atoms with Gasteiger partial charge in [0.05, 0.1) is 4.90 Å². The van der Waals surface area contributed by atoms with Crippen molar-refractivity contribution in [2.75, 3.05) is 4.72 Å². The van der Waals surface area contributed by atoms with Crippen molar-refractivity contribution in [1.29, 1.82) is 0 Å². The highest BCUT2D eigenvalue weighted by atomic mass is 32.2. The number of hydrogen-bond donors (Lipinski definition) is 1. The molecule has 0 spiro atoms. The number of sulfonamides is 1. The number of hydrogen-bond acceptors (Lipinski definition) is 2. The highest BCUT2D eigenvalue weighted by Gasteiger charge is 2.17. The fourth-order valence-corrected chi connectivity index (χ4v) is 3.65. The van der Waals surface area contributed by atoms with Crippen molar-refractivity contribution >= 4 is 26.5 Å². The number of benzene rings is 3. The van der Waals surface area contributed by atoms with Crippen LogP contribution < -0.4 is 4.72 Å². The van der Waals surface area contributed by atoms with E-state index < -0.39 is 10.0 Å². The molecule has 0 radical (unpaired) electrons. The molecule has 0 bridgehead atoms. The van der Waals surface area contributed by atoms with E-state index in [0.29, 0.717) is 5.69 Å². The highest BCUT2D eigenvalue weighted by molar-refractivity contribution is 7.92. The first-order chi connectivity index (χ1) is 11.3. The molecule has 0 atom stereocenters. The zero-order valence-corrected chi connectivity index (χ0v) is 14.9. The second kappa shape index (κ2) is 5.95. The van der Waals surface area contributed by atoms with Crippen LogP contribution in [0.1, 0.15) is 26.3 Å². The minimum absolute atomic E-state index is 0.00589. The summed E-state index contributed by atoms with van der Waals surface area (Å²) >= 11 is 0. The van der Waals surface area contributed by atoms with E-state index in [9.17, 15) is 8.42 Å². The molecule has 24 heavy (non-hydrogen) atoms. The average molecular weight is 339 g/mol. The first-order valence-electron chi connectivity index (χ1n) is 7.88. The van der Waals surface area contributed by atoms with Gasteiger partial charge in [0.2, 0.25) is 0 Å². The van der Waals surface area contributed by atoms with E-state index >= 15 is 0 Å². The van der Waals surface area contributed by atoms with Gasteiger partial charge in [-0.15, -0.1) is 0 Å². The standard InChI is InChI=1S/C20H21NO2S/c1-20(2,3)17-9-12-19(13-10-17)24(22,23)21-18-11-8-15-6-4-5-7-16(15)14-18/h4-14,21H,1-3H3. The van der Waals surface area contributed by atoms with Crippen LogP contribution >= 0.6 is 0 Å². The van der Waals surface area contributed by atoms with Gasteiger partial charge in [-0.05, 0) is 46.0 Å². The Labute approximate surface area is 143 Å². The van der Waals surface area contributed by atoms with Gasteiger partial charge in [-0.3, -0.25) is 4.72 Å². The van der Waals surface area contributed by atoms with Gasteiger partial charge >= 0.3 is 0 Å². The first kappa shape index (κ1) is 16.5. The molecule has 1 N–H and O–H groups in total. The third kappa shape index (κ3) is 3.44. The van der Waals surface area contributed by atoms with E-state index in [1.807, 2.05) is 48.5 Å². The quantitative estimate of drug-likeness (QED) is 0.735. The molecule has 0 saturated carbocycles. The van der Waals surface area contributed by atoms with Gasteiger partial charge in [-0.1, -0.05) is 63.2 Å². The SMILES string of the molecule is CC(C)(C)c1ccc(S(=O)(=O)Nc2ccc3ccccc3c2)cc1. The Kier molecular flexibility index (Phi) is 4.10. The molecule has 3 rings (SSSR count). The third-order valence-electron chi connectivity index (χ3n) is 4.03. The first-order valence-corrected chi connectivity index (χ1v) is 9.36. The fraction of sp³-hybridized carbons (Fsp3) is 0.200. The zero-order valence-electron chi connectivity index (χ0n) is 14.1. The van der Waals surface area contributed by atoms with E-state index in [-0.39, 0.29) is 10.3 Å². The van der Waals surface area contributed by atoms with Crippen LogP contribution in [0.3, 0.4) is 0 Å². The molecule has 3 aromatic rings. The summed E-state index contributed by atoms with van der Waals surface area (Å²) in [5, 5.41) is 2.08. The molecule has 0 heterocycles. The Morgan fingerprint density at radius 2 is 1.42 bits per heavy atom. The minimum atomic E-state index is -3.59. The maximum Gasteiger partial charge on any atom is 0.261 e. The normalized spacial score (nSPS) is 12.3. The van der Waals surface area contributed by atoms with E-state index in [1.165, 1.54) is 0 Å². The number of nitrogens with one attached hydrogen (secondary N) is 1. The lowest BCUT2D eigenvalue weighted by Gasteiger charge is -2.19. The summed E-state index contributed by atoms with van der Waals surface area (Å²) in [5.41, 5.74) is 1.66. The Bertz CT molecular complexity index is 968. The van der Waals surface area contributed by atoms with Crippen LogP contribution in [0.25, 0.3) is 10.8 Å². The Balaban J connectivity index is 1.89. The van der Waals surface area contributed by atoms with Crippen molar-refractivity contribution < 1.29 is 8.42 Å². The van der Waals surface area contributed by atoms with Gasteiger partial charge in [-0.25, -0.2) is 8.42 Å². The van der Waals surface area contributed by atoms with Crippen molar-refractivity contribution in [2.45, 2.75) is 31.1 Å². The van der Waals surface area contributed by atoms with Crippen LogP contribution in [0.2, 0.25) is 0 Å². The second-order valence-corrected chi connectivity index (χ2v) is 8.62. The lowest BCUT2D eigenvalue weighted by molar-refractivity contribution is 0.587. The molecule has 0 aliphatic carbocycles. The Hall–Kier alpha value is -2.33. The van der Waals surface area contributed by atoms with Crippen LogP contribution in [-0.2, 0) is 15.4 Å². The van der Waals surface area contributed by atoms with E-state index in [2.05, 4.69) is 25.5 Å². The summed E-state index contributed by atoms with van der Waals surface area (Å²) in [6.07, 6.45) is 0. The molecule has 0 fully saturated rings. The van der Waals surface area contributed by atoms with Crippen LogP contribution in [0.15, 0.2) is 71.6 Å². The monoisotopic (exact) mass is 339 g/mol. The summed E-state index contributed by atoms with van der Waals surface area (Å²) in [4.78, 5) is 0.267. The number of anilines is 1. The third-order valence-corrected chi connectivity index (χ3v) is 5.43. The van der Waals surface area contributed by atoms with Crippen LogP contribution in [0.5, 0.6) is 0 Å². The number of rotatable bonds is 3. The van der Waals surface area contributed by atoms with E-state index in [1.54, 1.807) is 18.2 Å². The molecular weight excluding hydrogens is 318 g/mol. The summed E-state index contributed by atoms with van der Waals surface area (Å²) in [6.45, 7) is 6.30. The van der Waals surface area contributed by atoms with Gasteiger partial charge in [0.1, 0.15) is 0 Å². The Morgan fingerprint density at radius 1 is 0.792 bits per heavy atom. The van der Waals surface area contributed by atoms with Crippen molar-refractivity contribution in [3.63, 3.8) is 0 Å². The smallest absolute Gasteiger partial charge is 0.261 e. The average Bonchev–Trinajstić information content (AvgIpc) is 2.54. The summed E-state index contributed by atoms with van der Waals surface area (Å²) in [6, 6.07) is 20.5. The molecule has 0 aliphatic heterocycles. The molecule has 4 heteroatoms. The summed E-state index contributed by atoms with van der Waals surface area (Å²) < 4.78 is 27.8. The predicted octanol–water partition coefficient (Wildman–Crippen LogP) is 4.94. The molecule has 0 saturated heterocycles. The van der Waals surface area contributed by atoms with E-state index in [0.717, 1.165) is 16.3 Å². The second-order valence-electron chi connectivity index (χ2n) is 6.94.